The van der Waals surface area contributed by atoms with Gasteiger partial charge in [-0.1, -0.05) is 31.7 Å². The molecule has 0 atom stereocenters. The first-order valence-electron chi connectivity index (χ1n) is 7.38. The Bertz CT molecular complexity index is 428. The molecule has 0 saturated heterocycles. The Balaban J connectivity index is 1.85. The van der Waals surface area contributed by atoms with Crippen molar-refractivity contribution in [3.05, 3.63) is 29.6 Å². The molecule has 1 aromatic carbocycles. The summed E-state index contributed by atoms with van der Waals surface area (Å²) in [5.74, 6) is 0.248. The van der Waals surface area contributed by atoms with Gasteiger partial charge in [-0.2, -0.15) is 0 Å². The van der Waals surface area contributed by atoms with Crippen LogP contribution in [0.1, 0.15) is 44.1 Å². The molecule has 4 heteroatoms. The maximum Gasteiger partial charge on any atom is 0.131 e. The highest BCUT2D eigenvalue weighted by molar-refractivity contribution is 5.28. The molecule has 1 aromatic rings. The van der Waals surface area contributed by atoms with Crippen molar-refractivity contribution in [3.8, 4) is 5.75 Å². The zero-order valence-corrected chi connectivity index (χ0v) is 12.1. The van der Waals surface area contributed by atoms with Crippen molar-refractivity contribution in [2.75, 3.05) is 13.7 Å². The Labute approximate surface area is 120 Å². The van der Waals surface area contributed by atoms with Gasteiger partial charge in [0.25, 0.3) is 0 Å². The summed E-state index contributed by atoms with van der Waals surface area (Å²) in [6.45, 7) is 0.955. The van der Waals surface area contributed by atoms with Crippen LogP contribution in [0.5, 0.6) is 5.75 Å². The maximum absolute atomic E-state index is 13.8. The molecule has 1 aliphatic carbocycles. The van der Waals surface area contributed by atoms with E-state index in [1.165, 1.54) is 26.0 Å². The zero-order chi connectivity index (χ0) is 14.4. The predicted octanol–water partition coefficient (Wildman–Crippen LogP) is 3.01. The first-order valence-corrected chi connectivity index (χ1v) is 7.38. The molecule has 0 heterocycles. The number of methoxy groups -OCH3 is 1. The number of ether oxygens (including phenoxy) is 1. The summed E-state index contributed by atoms with van der Waals surface area (Å²) in [6.07, 6.45) is 6.24. The standard InChI is InChI=1S/C16H24FNO2/c1-20-14-7-6-13(15(17)10-14)11-18-12-16(19)8-4-2-3-5-9-16/h6-7,10,18-19H,2-5,8-9,11-12H2,1H3. The molecule has 20 heavy (non-hydrogen) atoms. The highest BCUT2D eigenvalue weighted by Gasteiger charge is 2.27. The third-order valence-corrected chi connectivity index (χ3v) is 4.06. The lowest BCUT2D eigenvalue weighted by atomic mass is 9.94. The molecule has 0 aromatic heterocycles. The Kier molecular flexibility index (Phi) is 5.38. The van der Waals surface area contributed by atoms with E-state index in [0.29, 0.717) is 24.4 Å². The van der Waals surface area contributed by atoms with Crippen molar-refractivity contribution >= 4 is 0 Å². The second kappa shape index (κ2) is 7.04. The number of halogens is 1. The molecule has 0 aliphatic heterocycles. The SMILES string of the molecule is COc1ccc(CNCC2(O)CCCCCC2)c(F)c1. The number of hydrogen-bond acceptors (Lipinski definition) is 3. The van der Waals surface area contributed by atoms with E-state index in [0.717, 1.165) is 25.7 Å². The van der Waals surface area contributed by atoms with E-state index >= 15 is 0 Å². The van der Waals surface area contributed by atoms with Crippen LogP contribution in [0.3, 0.4) is 0 Å². The summed E-state index contributed by atoms with van der Waals surface area (Å²) in [5.41, 5.74) is -0.0255. The molecular formula is C16H24FNO2. The van der Waals surface area contributed by atoms with Crippen LogP contribution in [0, 0.1) is 5.82 Å². The van der Waals surface area contributed by atoms with Crippen molar-refractivity contribution in [2.24, 2.45) is 0 Å². The number of rotatable bonds is 5. The van der Waals surface area contributed by atoms with Gasteiger partial charge in [0.1, 0.15) is 11.6 Å². The largest absolute Gasteiger partial charge is 0.497 e. The second-order valence-electron chi connectivity index (χ2n) is 5.70. The van der Waals surface area contributed by atoms with Crippen molar-refractivity contribution in [1.29, 1.82) is 0 Å². The molecule has 1 aliphatic rings. The minimum absolute atomic E-state index is 0.273. The summed E-state index contributed by atoms with van der Waals surface area (Å²) in [6, 6.07) is 4.86. The summed E-state index contributed by atoms with van der Waals surface area (Å²) in [7, 11) is 1.52. The van der Waals surface area contributed by atoms with Gasteiger partial charge in [0, 0.05) is 24.7 Å². The fourth-order valence-electron chi connectivity index (χ4n) is 2.79. The summed E-state index contributed by atoms with van der Waals surface area (Å²) >= 11 is 0. The van der Waals surface area contributed by atoms with Crippen LogP contribution in [0.15, 0.2) is 18.2 Å². The molecule has 112 valence electrons. The molecule has 0 bridgehead atoms. The third kappa shape index (κ3) is 4.18. The second-order valence-corrected chi connectivity index (χ2v) is 5.70. The maximum atomic E-state index is 13.8. The molecule has 3 nitrogen and oxygen atoms in total. The lowest BCUT2D eigenvalue weighted by Crippen LogP contribution is -2.40. The molecule has 1 fully saturated rings. The van der Waals surface area contributed by atoms with Crippen LogP contribution in [-0.4, -0.2) is 24.4 Å². The average molecular weight is 281 g/mol. The van der Waals surface area contributed by atoms with Crippen LogP contribution in [0.2, 0.25) is 0 Å². The van der Waals surface area contributed by atoms with E-state index in [1.54, 1.807) is 12.1 Å². The number of aliphatic hydroxyl groups is 1. The van der Waals surface area contributed by atoms with Crippen molar-refractivity contribution in [1.82, 2.24) is 5.32 Å². The highest BCUT2D eigenvalue weighted by atomic mass is 19.1. The van der Waals surface area contributed by atoms with Gasteiger partial charge in [-0.25, -0.2) is 4.39 Å². The first-order chi connectivity index (χ1) is 9.63. The van der Waals surface area contributed by atoms with Gasteiger partial charge in [-0.3, -0.25) is 0 Å². The van der Waals surface area contributed by atoms with Crippen LogP contribution >= 0.6 is 0 Å². The van der Waals surface area contributed by atoms with Crippen molar-refractivity contribution < 1.29 is 14.2 Å². The van der Waals surface area contributed by atoms with Gasteiger partial charge in [0.2, 0.25) is 0 Å². The van der Waals surface area contributed by atoms with E-state index in [2.05, 4.69) is 5.32 Å². The van der Waals surface area contributed by atoms with Crippen molar-refractivity contribution in [3.63, 3.8) is 0 Å². The van der Waals surface area contributed by atoms with E-state index in [1.807, 2.05) is 0 Å². The number of hydrogen-bond donors (Lipinski definition) is 2. The highest BCUT2D eigenvalue weighted by Crippen LogP contribution is 2.26. The molecule has 0 spiro atoms. The average Bonchev–Trinajstić information content (AvgIpc) is 2.66. The topological polar surface area (TPSA) is 41.5 Å². The minimum Gasteiger partial charge on any atom is -0.497 e. The Morgan fingerprint density at radius 1 is 1.25 bits per heavy atom. The fraction of sp³-hybridized carbons (Fsp3) is 0.625. The van der Waals surface area contributed by atoms with Crippen molar-refractivity contribution in [2.45, 2.75) is 50.7 Å². The summed E-state index contributed by atoms with van der Waals surface area (Å²) < 4.78 is 18.8. The Hall–Kier alpha value is -1.13. The zero-order valence-electron chi connectivity index (χ0n) is 12.1. The van der Waals surface area contributed by atoms with Gasteiger partial charge >= 0.3 is 0 Å². The van der Waals surface area contributed by atoms with Crippen LogP contribution < -0.4 is 10.1 Å². The minimum atomic E-state index is -0.626. The summed E-state index contributed by atoms with van der Waals surface area (Å²) in [4.78, 5) is 0. The lowest BCUT2D eigenvalue weighted by molar-refractivity contribution is 0.0250. The van der Waals surface area contributed by atoms with E-state index in [4.69, 9.17) is 4.74 Å². The number of benzene rings is 1. The van der Waals surface area contributed by atoms with E-state index < -0.39 is 5.60 Å². The normalized spacial score (nSPS) is 18.6. The van der Waals surface area contributed by atoms with Gasteiger partial charge in [-0.05, 0) is 18.9 Å². The summed E-state index contributed by atoms with van der Waals surface area (Å²) in [5, 5.41) is 13.7. The molecule has 1 saturated carbocycles. The monoisotopic (exact) mass is 281 g/mol. The van der Waals surface area contributed by atoms with Crippen LogP contribution in [-0.2, 0) is 6.54 Å². The van der Waals surface area contributed by atoms with Gasteiger partial charge < -0.3 is 15.2 Å². The van der Waals surface area contributed by atoms with E-state index in [-0.39, 0.29) is 5.82 Å². The van der Waals surface area contributed by atoms with Gasteiger partial charge in [0.15, 0.2) is 0 Å². The fourth-order valence-corrected chi connectivity index (χ4v) is 2.79. The third-order valence-electron chi connectivity index (χ3n) is 4.06. The molecule has 0 unspecified atom stereocenters. The van der Waals surface area contributed by atoms with Gasteiger partial charge in [0.05, 0.1) is 12.7 Å². The Morgan fingerprint density at radius 2 is 1.95 bits per heavy atom. The number of nitrogens with one attached hydrogen (secondary N) is 1. The van der Waals surface area contributed by atoms with Crippen LogP contribution in [0.4, 0.5) is 4.39 Å². The lowest BCUT2D eigenvalue weighted by Gasteiger charge is -2.27. The van der Waals surface area contributed by atoms with Crippen LogP contribution in [0.25, 0.3) is 0 Å². The Morgan fingerprint density at radius 3 is 2.55 bits per heavy atom. The first kappa shape index (κ1) is 15.3. The quantitative estimate of drug-likeness (QED) is 0.815. The molecule has 2 N–H and O–H groups in total. The molecule has 0 amide bonds. The van der Waals surface area contributed by atoms with Gasteiger partial charge in [-0.15, -0.1) is 0 Å². The predicted molar refractivity (Wildman–Crippen MR) is 77.3 cm³/mol. The molecule has 0 radical (unpaired) electrons. The smallest absolute Gasteiger partial charge is 0.131 e. The van der Waals surface area contributed by atoms with E-state index in [9.17, 15) is 9.50 Å². The molecule has 2 rings (SSSR count). The molecular weight excluding hydrogens is 257 g/mol.